The van der Waals surface area contributed by atoms with Crippen LogP contribution in [0.1, 0.15) is 26.2 Å². The molecule has 0 aliphatic heterocycles. The lowest BCUT2D eigenvalue weighted by molar-refractivity contribution is -0.135. The van der Waals surface area contributed by atoms with Gasteiger partial charge in [0.05, 0.1) is 0 Å². The molecule has 1 atom stereocenters. The van der Waals surface area contributed by atoms with Crippen molar-refractivity contribution in [3.05, 3.63) is 0 Å². The number of hydrogen-bond acceptors (Lipinski definition) is 2. The maximum Gasteiger partial charge on any atom is 0.389 e. The standard InChI is InChI=1S/C10H21F3N2/c1-9(5-8-15(2)3)14-7-4-6-10(11,12)13/h9,14H,4-8H2,1-3H3. The lowest BCUT2D eigenvalue weighted by Gasteiger charge is -2.16. The van der Waals surface area contributed by atoms with Gasteiger partial charge >= 0.3 is 6.18 Å². The number of halogens is 3. The van der Waals surface area contributed by atoms with Crippen LogP contribution in [0.2, 0.25) is 0 Å². The molecule has 15 heavy (non-hydrogen) atoms. The lowest BCUT2D eigenvalue weighted by Crippen LogP contribution is -2.31. The highest BCUT2D eigenvalue weighted by atomic mass is 19.4. The van der Waals surface area contributed by atoms with E-state index in [0.29, 0.717) is 6.54 Å². The number of nitrogens with one attached hydrogen (secondary N) is 1. The molecule has 0 aromatic carbocycles. The minimum atomic E-state index is -4.02. The van der Waals surface area contributed by atoms with Crippen LogP contribution in [0.5, 0.6) is 0 Å². The van der Waals surface area contributed by atoms with Crippen molar-refractivity contribution in [2.24, 2.45) is 0 Å². The summed E-state index contributed by atoms with van der Waals surface area (Å²) in [7, 11) is 3.97. The maximum atomic E-state index is 11.8. The predicted molar refractivity (Wildman–Crippen MR) is 55.9 cm³/mol. The van der Waals surface area contributed by atoms with Crippen molar-refractivity contribution >= 4 is 0 Å². The molecule has 0 aliphatic carbocycles. The second kappa shape index (κ2) is 7.06. The molecule has 0 heterocycles. The molecular weight excluding hydrogens is 205 g/mol. The van der Waals surface area contributed by atoms with Crippen LogP contribution in [0, 0.1) is 0 Å². The number of rotatable bonds is 7. The van der Waals surface area contributed by atoms with Crippen molar-refractivity contribution in [2.45, 2.75) is 38.4 Å². The zero-order valence-corrected chi connectivity index (χ0v) is 9.69. The fourth-order valence-electron chi connectivity index (χ4n) is 1.19. The van der Waals surface area contributed by atoms with Gasteiger partial charge in [0.25, 0.3) is 0 Å². The summed E-state index contributed by atoms with van der Waals surface area (Å²) in [6.45, 7) is 3.39. The van der Waals surface area contributed by atoms with E-state index < -0.39 is 12.6 Å². The van der Waals surface area contributed by atoms with Crippen molar-refractivity contribution in [2.75, 3.05) is 27.2 Å². The predicted octanol–water partition coefficient (Wildman–Crippen LogP) is 2.26. The zero-order chi connectivity index (χ0) is 11.9. The van der Waals surface area contributed by atoms with Crippen LogP contribution in [-0.2, 0) is 0 Å². The Morgan fingerprint density at radius 2 is 1.87 bits per heavy atom. The molecule has 0 aromatic heterocycles. The smallest absolute Gasteiger partial charge is 0.314 e. The molecule has 5 heteroatoms. The molecule has 92 valence electrons. The molecule has 0 spiro atoms. The minimum Gasteiger partial charge on any atom is -0.314 e. The summed E-state index contributed by atoms with van der Waals surface area (Å²) >= 11 is 0. The van der Waals surface area contributed by atoms with Crippen LogP contribution >= 0.6 is 0 Å². The van der Waals surface area contributed by atoms with Crippen LogP contribution in [0.4, 0.5) is 13.2 Å². The van der Waals surface area contributed by atoms with E-state index in [4.69, 9.17) is 0 Å². The van der Waals surface area contributed by atoms with Crippen molar-refractivity contribution < 1.29 is 13.2 Å². The second-order valence-electron chi connectivity index (χ2n) is 4.17. The zero-order valence-electron chi connectivity index (χ0n) is 9.69. The second-order valence-corrected chi connectivity index (χ2v) is 4.17. The Morgan fingerprint density at radius 1 is 1.27 bits per heavy atom. The molecule has 0 radical (unpaired) electrons. The van der Waals surface area contributed by atoms with Gasteiger partial charge in [-0.3, -0.25) is 0 Å². The first-order valence-corrected chi connectivity index (χ1v) is 5.26. The summed E-state index contributed by atoms with van der Waals surface area (Å²) in [5.74, 6) is 0. The van der Waals surface area contributed by atoms with Crippen LogP contribution in [-0.4, -0.2) is 44.3 Å². The van der Waals surface area contributed by atoms with E-state index in [-0.39, 0.29) is 12.5 Å². The molecule has 0 fully saturated rings. The Kier molecular flexibility index (Phi) is 6.92. The summed E-state index contributed by atoms with van der Waals surface area (Å²) in [5.41, 5.74) is 0. The fraction of sp³-hybridized carbons (Fsp3) is 1.00. The van der Waals surface area contributed by atoms with Crippen LogP contribution < -0.4 is 5.32 Å². The highest BCUT2D eigenvalue weighted by molar-refractivity contribution is 4.63. The third-order valence-electron chi connectivity index (χ3n) is 2.14. The topological polar surface area (TPSA) is 15.3 Å². The first-order valence-electron chi connectivity index (χ1n) is 5.26. The number of nitrogens with zero attached hydrogens (tertiary/aromatic N) is 1. The maximum absolute atomic E-state index is 11.8. The fourth-order valence-corrected chi connectivity index (χ4v) is 1.19. The quantitative estimate of drug-likeness (QED) is 0.670. The minimum absolute atomic E-state index is 0.163. The van der Waals surface area contributed by atoms with E-state index >= 15 is 0 Å². The highest BCUT2D eigenvalue weighted by Gasteiger charge is 2.25. The Morgan fingerprint density at radius 3 is 2.33 bits per heavy atom. The monoisotopic (exact) mass is 226 g/mol. The van der Waals surface area contributed by atoms with Gasteiger partial charge in [-0.05, 0) is 47.0 Å². The van der Waals surface area contributed by atoms with Gasteiger partial charge in [0, 0.05) is 12.5 Å². The third-order valence-corrected chi connectivity index (χ3v) is 2.14. The summed E-state index contributed by atoms with van der Waals surface area (Å²) in [5, 5.41) is 3.08. The van der Waals surface area contributed by atoms with Gasteiger partial charge in [0.2, 0.25) is 0 Å². The average Bonchev–Trinajstić information content (AvgIpc) is 2.07. The van der Waals surface area contributed by atoms with Crippen molar-refractivity contribution in [1.82, 2.24) is 10.2 Å². The van der Waals surface area contributed by atoms with E-state index in [2.05, 4.69) is 10.2 Å². The van der Waals surface area contributed by atoms with E-state index in [1.165, 1.54) is 0 Å². The molecule has 0 saturated heterocycles. The number of hydrogen-bond donors (Lipinski definition) is 1. The Bertz CT molecular complexity index is 157. The van der Waals surface area contributed by atoms with Gasteiger partial charge in [0.1, 0.15) is 0 Å². The van der Waals surface area contributed by atoms with E-state index in [9.17, 15) is 13.2 Å². The van der Waals surface area contributed by atoms with E-state index in [0.717, 1.165) is 13.0 Å². The molecular formula is C10H21F3N2. The lowest BCUT2D eigenvalue weighted by atomic mass is 10.2. The molecule has 0 saturated carbocycles. The highest BCUT2D eigenvalue weighted by Crippen LogP contribution is 2.20. The summed E-state index contributed by atoms with van der Waals surface area (Å²) in [6, 6.07) is 0.278. The third kappa shape index (κ3) is 11.6. The van der Waals surface area contributed by atoms with E-state index in [1.807, 2.05) is 21.0 Å². The van der Waals surface area contributed by atoms with Crippen LogP contribution in [0.15, 0.2) is 0 Å². The largest absolute Gasteiger partial charge is 0.389 e. The molecule has 2 nitrogen and oxygen atoms in total. The van der Waals surface area contributed by atoms with Crippen LogP contribution in [0.3, 0.4) is 0 Å². The van der Waals surface area contributed by atoms with E-state index in [1.54, 1.807) is 0 Å². The molecule has 1 N–H and O–H groups in total. The van der Waals surface area contributed by atoms with Gasteiger partial charge in [0.15, 0.2) is 0 Å². The normalized spacial score (nSPS) is 14.6. The molecule has 0 bridgehead atoms. The Hall–Kier alpha value is -0.290. The summed E-state index contributed by atoms with van der Waals surface area (Å²) in [6.07, 6.45) is -3.59. The first kappa shape index (κ1) is 14.7. The molecule has 0 aromatic rings. The van der Waals surface area contributed by atoms with Crippen molar-refractivity contribution in [3.8, 4) is 0 Å². The average molecular weight is 226 g/mol. The molecule has 0 amide bonds. The summed E-state index contributed by atoms with van der Waals surface area (Å²) in [4.78, 5) is 2.06. The summed E-state index contributed by atoms with van der Waals surface area (Å²) < 4.78 is 35.4. The van der Waals surface area contributed by atoms with Crippen molar-refractivity contribution in [1.29, 1.82) is 0 Å². The first-order chi connectivity index (χ1) is 6.81. The molecule has 0 rings (SSSR count). The molecule has 1 unspecified atom stereocenters. The van der Waals surface area contributed by atoms with Gasteiger partial charge in [-0.1, -0.05) is 0 Å². The van der Waals surface area contributed by atoms with Crippen LogP contribution in [0.25, 0.3) is 0 Å². The van der Waals surface area contributed by atoms with Gasteiger partial charge < -0.3 is 10.2 Å². The molecule has 0 aliphatic rings. The van der Waals surface area contributed by atoms with Gasteiger partial charge in [-0.25, -0.2) is 0 Å². The number of alkyl halides is 3. The Balaban J connectivity index is 3.35. The SMILES string of the molecule is CC(CCN(C)C)NCCCC(F)(F)F. The van der Waals surface area contributed by atoms with Gasteiger partial charge in [-0.15, -0.1) is 0 Å². The Labute approximate surface area is 89.8 Å². The van der Waals surface area contributed by atoms with Gasteiger partial charge in [-0.2, -0.15) is 13.2 Å². The van der Waals surface area contributed by atoms with Crippen molar-refractivity contribution in [3.63, 3.8) is 0 Å².